The van der Waals surface area contributed by atoms with E-state index in [0.717, 1.165) is 0 Å². The van der Waals surface area contributed by atoms with Crippen molar-refractivity contribution >= 4 is 23.7 Å². The second kappa shape index (κ2) is 8.34. The molecule has 0 radical (unpaired) electrons. The van der Waals surface area contributed by atoms with Gasteiger partial charge in [0.2, 0.25) is 0 Å². The summed E-state index contributed by atoms with van der Waals surface area (Å²) in [5, 5.41) is 3.78. The molecule has 7 heteroatoms. The highest BCUT2D eigenvalue weighted by Crippen LogP contribution is 2.02. The van der Waals surface area contributed by atoms with Crippen molar-refractivity contribution in [1.29, 1.82) is 0 Å². The van der Waals surface area contributed by atoms with Crippen LogP contribution in [-0.4, -0.2) is 43.3 Å². The van der Waals surface area contributed by atoms with E-state index in [1.165, 1.54) is 5.06 Å². The zero-order valence-electron chi connectivity index (χ0n) is 10.5. The monoisotopic (exact) mass is 286 g/mol. The van der Waals surface area contributed by atoms with Gasteiger partial charge < -0.3 is 14.9 Å². The van der Waals surface area contributed by atoms with E-state index >= 15 is 0 Å². The van der Waals surface area contributed by atoms with Gasteiger partial charge in [0.15, 0.2) is 6.07 Å². The van der Waals surface area contributed by atoms with Crippen LogP contribution >= 0.6 is 11.6 Å². The summed E-state index contributed by atoms with van der Waals surface area (Å²) in [7, 11) is 1.59. The van der Waals surface area contributed by atoms with Gasteiger partial charge in [0.25, 0.3) is 0 Å². The van der Waals surface area contributed by atoms with Crippen LogP contribution in [0.15, 0.2) is 30.3 Å². The number of hydroxylamine groups is 2. The summed E-state index contributed by atoms with van der Waals surface area (Å²) in [6.45, 7) is 0.601. The maximum atomic E-state index is 11.7. The molecule has 1 rings (SSSR count). The molecule has 0 fully saturated rings. The normalized spacial score (nSPS) is 10.1. The van der Waals surface area contributed by atoms with E-state index in [4.69, 9.17) is 16.4 Å². The molecule has 0 heterocycles. The van der Waals surface area contributed by atoms with Crippen LogP contribution in [0.3, 0.4) is 0 Å². The highest BCUT2D eigenvalue weighted by Gasteiger charge is 2.10. The lowest BCUT2D eigenvalue weighted by molar-refractivity contribution is -0.0888. The van der Waals surface area contributed by atoms with Crippen LogP contribution < -0.4 is 5.32 Å². The van der Waals surface area contributed by atoms with Crippen LogP contribution in [0.1, 0.15) is 10.4 Å². The summed E-state index contributed by atoms with van der Waals surface area (Å²) in [6.07, 6.45) is -0.613. The van der Waals surface area contributed by atoms with Gasteiger partial charge in [0.05, 0.1) is 12.1 Å². The molecule has 0 atom stereocenters. The van der Waals surface area contributed by atoms with E-state index < -0.39 is 12.1 Å². The quantitative estimate of drug-likeness (QED) is 0.636. The molecular weight excluding hydrogens is 272 g/mol. The third kappa shape index (κ3) is 6.08. The molecule has 0 aliphatic heterocycles. The standard InChI is InChI=1S/C12H15ClN2O4/c1-15(8-7-14-12(17)18-9-13)19-11(16)10-5-3-2-4-6-10/h2-6H,7-9H2,1H3,(H,14,17). The van der Waals surface area contributed by atoms with Crippen LogP contribution in [-0.2, 0) is 9.57 Å². The zero-order chi connectivity index (χ0) is 14.1. The van der Waals surface area contributed by atoms with Crippen LogP contribution in [0.25, 0.3) is 0 Å². The number of carbonyl (C=O) groups excluding carboxylic acids is 2. The molecule has 1 aromatic carbocycles. The van der Waals surface area contributed by atoms with Gasteiger partial charge in [0.1, 0.15) is 0 Å². The third-order valence-electron chi connectivity index (χ3n) is 2.13. The molecule has 19 heavy (non-hydrogen) atoms. The number of amides is 1. The van der Waals surface area contributed by atoms with Gasteiger partial charge in [-0.25, -0.2) is 9.59 Å². The zero-order valence-corrected chi connectivity index (χ0v) is 11.2. The number of benzene rings is 1. The van der Waals surface area contributed by atoms with Crippen LogP contribution in [0.2, 0.25) is 0 Å². The average Bonchev–Trinajstić information content (AvgIpc) is 2.40. The number of carbonyl (C=O) groups is 2. The van der Waals surface area contributed by atoms with Gasteiger partial charge in [0, 0.05) is 13.6 Å². The Morgan fingerprint density at radius 1 is 1.32 bits per heavy atom. The highest BCUT2D eigenvalue weighted by molar-refractivity contribution is 6.17. The lowest BCUT2D eigenvalue weighted by atomic mass is 10.2. The molecule has 0 aromatic heterocycles. The van der Waals surface area contributed by atoms with E-state index in [1.807, 2.05) is 6.07 Å². The molecule has 0 saturated carbocycles. The molecule has 1 N–H and O–H groups in total. The molecule has 0 bridgehead atoms. The average molecular weight is 287 g/mol. The first-order valence-corrected chi connectivity index (χ1v) is 6.12. The number of ether oxygens (including phenoxy) is 1. The smallest absolute Gasteiger partial charge is 0.408 e. The van der Waals surface area contributed by atoms with Gasteiger partial charge in [-0.2, -0.15) is 0 Å². The molecule has 1 amide bonds. The Hall–Kier alpha value is -1.79. The Morgan fingerprint density at radius 2 is 2.00 bits per heavy atom. The first-order chi connectivity index (χ1) is 9.13. The van der Waals surface area contributed by atoms with Crippen LogP contribution in [0.5, 0.6) is 0 Å². The summed E-state index contributed by atoms with van der Waals surface area (Å²) < 4.78 is 4.46. The number of hydrogen-bond acceptors (Lipinski definition) is 5. The molecule has 0 unspecified atom stereocenters. The van der Waals surface area contributed by atoms with Crippen LogP contribution in [0.4, 0.5) is 4.79 Å². The van der Waals surface area contributed by atoms with Crippen LogP contribution in [0, 0.1) is 0 Å². The minimum atomic E-state index is -0.613. The fourth-order valence-electron chi connectivity index (χ4n) is 1.23. The van der Waals surface area contributed by atoms with Crippen molar-refractivity contribution in [3.63, 3.8) is 0 Å². The number of alkyl carbamates (subject to hydrolysis) is 1. The first-order valence-electron chi connectivity index (χ1n) is 5.58. The van der Waals surface area contributed by atoms with E-state index in [0.29, 0.717) is 12.1 Å². The van der Waals surface area contributed by atoms with Gasteiger partial charge >= 0.3 is 12.1 Å². The molecule has 0 spiro atoms. The fraction of sp³-hybridized carbons (Fsp3) is 0.333. The van der Waals surface area contributed by atoms with E-state index in [9.17, 15) is 9.59 Å². The summed E-state index contributed by atoms with van der Waals surface area (Å²) in [4.78, 5) is 27.6. The minimum Gasteiger partial charge on any atom is -0.433 e. The predicted octanol–water partition coefficient (Wildman–Crippen LogP) is 1.61. The molecule has 0 aliphatic rings. The Labute approximate surface area is 116 Å². The Bertz CT molecular complexity index is 413. The number of halogens is 1. The van der Waals surface area contributed by atoms with Crippen molar-refractivity contribution < 1.29 is 19.2 Å². The molecule has 0 aliphatic carbocycles. The van der Waals surface area contributed by atoms with Gasteiger partial charge in [-0.3, -0.25) is 0 Å². The number of rotatable bonds is 6. The first kappa shape index (κ1) is 15.3. The number of hydrogen-bond donors (Lipinski definition) is 1. The second-order valence-corrected chi connectivity index (χ2v) is 3.78. The summed E-state index contributed by atoms with van der Waals surface area (Å²) in [5.74, 6) is -0.452. The maximum absolute atomic E-state index is 11.7. The van der Waals surface area contributed by atoms with Crippen molar-refractivity contribution in [1.82, 2.24) is 10.4 Å². The lowest BCUT2D eigenvalue weighted by Crippen LogP contribution is -2.34. The highest BCUT2D eigenvalue weighted by atomic mass is 35.5. The molecule has 1 aromatic rings. The van der Waals surface area contributed by atoms with Gasteiger partial charge in [-0.05, 0) is 12.1 Å². The Morgan fingerprint density at radius 3 is 2.63 bits per heavy atom. The number of nitrogens with zero attached hydrogens (tertiary/aromatic N) is 1. The molecule has 104 valence electrons. The number of nitrogens with one attached hydrogen (secondary N) is 1. The van der Waals surface area contributed by atoms with Crippen molar-refractivity contribution in [3.05, 3.63) is 35.9 Å². The van der Waals surface area contributed by atoms with Gasteiger partial charge in [-0.15, -0.1) is 5.06 Å². The topological polar surface area (TPSA) is 67.9 Å². The van der Waals surface area contributed by atoms with Crippen molar-refractivity contribution in [2.45, 2.75) is 0 Å². The van der Waals surface area contributed by atoms with Gasteiger partial charge in [-0.1, -0.05) is 29.8 Å². The predicted molar refractivity (Wildman–Crippen MR) is 69.7 cm³/mol. The van der Waals surface area contributed by atoms with E-state index in [2.05, 4.69) is 10.1 Å². The molecular formula is C12H15ClN2O4. The molecule has 0 saturated heterocycles. The summed E-state index contributed by atoms with van der Waals surface area (Å²) in [5.41, 5.74) is 0.462. The number of alkyl halides is 1. The Balaban J connectivity index is 2.26. The van der Waals surface area contributed by atoms with Crippen molar-refractivity contribution in [2.24, 2.45) is 0 Å². The maximum Gasteiger partial charge on any atom is 0.408 e. The fourth-order valence-corrected chi connectivity index (χ4v) is 1.33. The lowest BCUT2D eigenvalue weighted by Gasteiger charge is -2.16. The van der Waals surface area contributed by atoms with Crippen molar-refractivity contribution in [2.75, 3.05) is 26.2 Å². The largest absolute Gasteiger partial charge is 0.433 e. The number of likely N-dealkylation sites (N-methyl/N-ethyl adjacent to an activating group) is 1. The Kier molecular flexibility index (Phi) is 6.70. The second-order valence-electron chi connectivity index (χ2n) is 3.56. The van der Waals surface area contributed by atoms with E-state index in [1.54, 1.807) is 31.3 Å². The van der Waals surface area contributed by atoms with E-state index in [-0.39, 0.29) is 12.6 Å². The molecule has 6 nitrogen and oxygen atoms in total. The van der Waals surface area contributed by atoms with Crippen molar-refractivity contribution in [3.8, 4) is 0 Å². The third-order valence-corrected chi connectivity index (χ3v) is 2.24. The SMILES string of the molecule is CN(CCNC(=O)OCCl)OC(=O)c1ccccc1. The summed E-state index contributed by atoms with van der Waals surface area (Å²) in [6, 6.07) is 8.43. The summed E-state index contributed by atoms with van der Waals surface area (Å²) >= 11 is 5.21. The minimum absolute atomic E-state index is 0.204.